The first kappa shape index (κ1) is 4.00. The lowest BCUT2D eigenvalue weighted by atomic mass is 10.2. The molecule has 70 valence electrons. The Balaban J connectivity index is 5.39. The molecule has 12 heavy (non-hydrogen) atoms. The molecule has 0 aliphatic heterocycles. The second-order valence-electron chi connectivity index (χ2n) is 1.82. The molecule has 0 saturated carbocycles. The number of carbonyl (C=O) groups excluding carboxylic acids is 1. The summed E-state index contributed by atoms with van der Waals surface area (Å²) >= 11 is -0.318. The lowest BCUT2D eigenvalue weighted by Crippen LogP contribution is -2.39. The van der Waals surface area contributed by atoms with Gasteiger partial charge >= 0.3 is 5.97 Å². The predicted molar refractivity (Wildman–Crippen MR) is 48.2 cm³/mol. The van der Waals surface area contributed by atoms with Crippen LogP contribution in [0, 0.1) is 0 Å². The third-order valence-corrected chi connectivity index (χ3v) is 1.07. The van der Waals surface area contributed by atoms with Crippen molar-refractivity contribution in [2.75, 3.05) is 11.9 Å². The lowest BCUT2D eigenvalue weighted by molar-refractivity contribution is -0.141. The minimum atomic E-state index is -3.12. The molecule has 0 saturated heterocycles. The Morgan fingerprint density at radius 1 is 1.83 bits per heavy atom. The summed E-state index contributed by atoms with van der Waals surface area (Å²) in [5.41, 5.74) is -3.04. The van der Waals surface area contributed by atoms with Crippen LogP contribution >= 0.6 is 11.8 Å². The van der Waals surface area contributed by atoms with E-state index in [1.807, 2.05) is 0 Å². The topological polar surface area (TPSA) is 66.4 Å². The van der Waals surface area contributed by atoms with E-state index >= 15 is 0 Å². The molecule has 0 fully saturated rings. The van der Waals surface area contributed by atoms with Gasteiger partial charge in [0.1, 0.15) is 6.04 Å². The molecule has 2 N–H and O–H groups in total. The summed E-state index contributed by atoms with van der Waals surface area (Å²) in [6.07, 6.45) is -5.97. The quantitative estimate of drug-likeness (QED) is 0.668. The van der Waals surface area contributed by atoms with Gasteiger partial charge in [-0.3, -0.25) is 4.79 Å². The first-order valence-corrected chi connectivity index (χ1v) is 3.72. The van der Waals surface area contributed by atoms with Crippen LogP contribution in [0.15, 0.2) is 0 Å². The number of carbonyl (C=O) groups is 2. The Hall–Kier alpha value is -0.710. The number of hydrogen-bond donors (Lipinski definition) is 2. The molecule has 0 aromatic heterocycles. The number of hydrogen-bond acceptors (Lipinski definition) is 3. The maximum atomic E-state index is 10.9. The summed E-state index contributed by atoms with van der Waals surface area (Å²) in [6.45, 7) is 0.943. The van der Waals surface area contributed by atoms with Crippen molar-refractivity contribution in [2.24, 2.45) is 0 Å². The zero-order valence-electron chi connectivity index (χ0n) is 13.2. The molecular weight excluding hydrogens is 178 g/mol. The average molecular weight is 198 g/mol. The van der Waals surface area contributed by atoms with Gasteiger partial charge < -0.3 is 10.4 Å². The number of amides is 1. The zero-order valence-corrected chi connectivity index (χ0v) is 7.07. The third kappa shape index (κ3) is 5.01. The summed E-state index contributed by atoms with van der Waals surface area (Å²) in [7, 11) is 0. The number of aliphatic carboxylic acids is 1. The lowest BCUT2D eigenvalue weighted by Gasteiger charge is -2.11. The van der Waals surface area contributed by atoms with E-state index in [1.54, 1.807) is 5.32 Å². The molecule has 0 aromatic rings. The van der Waals surface area contributed by atoms with Crippen LogP contribution in [0.2, 0.25) is 0 Å². The van der Waals surface area contributed by atoms with Gasteiger partial charge in [0.25, 0.3) is 0 Å². The molecule has 5 heteroatoms. The number of rotatable bonds is 5. The Labute approximate surface area is 85.6 Å². The molecule has 0 bridgehead atoms. The van der Waals surface area contributed by atoms with E-state index in [0.717, 1.165) is 6.92 Å². The first-order chi connectivity index (χ1) is 8.21. The van der Waals surface area contributed by atoms with Crippen molar-refractivity contribution in [3.05, 3.63) is 0 Å². The Morgan fingerprint density at radius 3 is 2.92 bits per heavy atom. The Bertz CT molecular complexity index is 370. The normalized spacial score (nSPS) is 24.2. The number of nitrogens with one attached hydrogen (secondary N) is 1. The van der Waals surface area contributed by atoms with Gasteiger partial charge in [-0.2, -0.15) is 11.8 Å². The fourth-order valence-electron chi connectivity index (χ4n) is 0.451. The van der Waals surface area contributed by atoms with E-state index < -0.39 is 36.2 Å². The van der Waals surface area contributed by atoms with E-state index in [1.165, 1.54) is 0 Å². The monoisotopic (exact) mass is 198 g/mol. The second-order valence-corrected chi connectivity index (χ2v) is 2.23. The first-order valence-electron chi connectivity index (χ1n) is 6.41. The number of carboxylic acid groups (broad SMARTS) is 1. The minimum absolute atomic E-state index is 0.318. The van der Waals surface area contributed by atoms with Gasteiger partial charge in [0.2, 0.25) is 5.91 Å². The summed E-state index contributed by atoms with van der Waals surface area (Å²) in [5, 5.41) is 10.6. The van der Waals surface area contributed by atoms with Crippen molar-refractivity contribution in [2.45, 2.75) is 19.3 Å². The summed E-state index contributed by atoms with van der Waals surface area (Å²) in [4.78, 5) is 21.8. The molecule has 0 heterocycles. The fourth-order valence-corrected chi connectivity index (χ4v) is 0.628. The van der Waals surface area contributed by atoms with Crippen LogP contribution in [0.3, 0.4) is 0 Å². The Morgan fingerprint density at radius 2 is 2.50 bits per heavy atom. The van der Waals surface area contributed by atoms with Crippen molar-refractivity contribution in [3.8, 4) is 0 Å². The molecule has 4 nitrogen and oxygen atoms in total. The predicted octanol–water partition coefficient (Wildman–Crippen LogP) is 0.329. The van der Waals surface area contributed by atoms with E-state index in [4.69, 9.17) is 14.7 Å². The van der Waals surface area contributed by atoms with Crippen LogP contribution in [0.1, 0.15) is 22.9 Å². The van der Waals surface area contributed by atoms with Crippen molar-refractivity contribution in [1.29, 1.82) is 0 Å². The summed E-state index contributed by atoms with van der Waals surface area (Å²) < 4.78 is 50.6. The van der Waals surface area contributed by atoms with Crippen molar-refractivity contribution in [3.63, 3.8) is 0 Å². The maximum Gasteiger partial charge on any atom is 0.326 e. The van der Waals surface area contributed by atoms with E-state index in [9.17, 15) is 9.59 Å². The average Bonchev–Trinajstić information content (AvgIpc) is 2.08. The molecule has 1 amide bonds. The van der Waals surface area contributed by atoms with Gasteiger partial charge in [0, 0.05) is 16.5 Å². The Kier molecular flexibility index (Phi) is 1.96. The standard InChI is InChI=1S/C7H13NO3S/c1-5(9)8-6(7(10)11)3-4-12-2/h6H,3-4H2,1-2H3,(H,8,9)(H,10,11)/t6-/m1/s1/i2D3,3D2,4D2. The summed E-state index contributed by atoms with van der Waals surface area (Å²) in [6, 6.07) is -2.20. The maximum absolute atomic E-state index is 10.9. The molecular formula is C7H13NO3S. The van der Waals surface area contributed by atoms with Gasteiger partial charge in [0.15, 0.2) is 0 Å². The highest BCUT2D eigenvalue weighted by atomic mass is 32.2. The molecule has 0 rings (SSSR count). The fraction of sp³-hybridized carbons (Fsp3) is 0.714. The van der Waals surface area contributed by atoms with Crippen LogP contribution < -0.4 is 5.32 Å². The molecule has 0 radical (unpaired) electrons. The van der Waals surface area contributed by atoms with Gasteiger partial charge in [-0.05, 0) is 18.3 Å². The molecule has 0 aliphatic carbocycles. The van der Waals surface area contributed by atoms with Crippen LogP contribution in [-0.4, -0.2) is 34.9 Å². The minimum Gasteiger partial charge on any atom is -0.480 e. The number of carboxylic acids is 1. The van der Waals surface area contributed by atoms with Crippen LogP contribution in [0.25, 0.3) is 0 Å². The van der Waals surface area contributed by atoms with Crippen molar-refractivity contribution < 1.29 is 24.3 Å². The van der Waals surface area contributed by atoms with Gasteiger partial charge in [-0.25, -0.2) is 4.79 Å². The molecule has 1 atom stereocenters. The van der Waals surface area contributed by atoms with Crippen LogP contribution in [0.4, 0.5) is 0 Å². The largest absolute Gasteiger partial charge is 0.480 e. The van der Waals surface area contributed by atoms with E-state index in [0.29, 0.717) is 0 Å². The summed E-state index contributed by atoms with van der Waals surface area (Å²) in [5.74, 6) is -2.67. The van der Waals surface area contributed by atoms with Crippen molar-refractivity contribution in [1.82, 2.24) is 5.32 Å². The smallest absolute Gasteiger partial charge is 0.326 e. The van der Waals surface area contributed by atoms with Gasteiger partial charge in [-0.1, -0.05) is 0 Å². The zero-order chi connectivity index (χ0) is 15.6. The molecule has 0 unspecified atom stereocenters. The third-order valence-electron chi connectivity index (χ3n) is 0.849. The number of thioether (sulfide) groups is 1. The van der Waals surface area contributed by atoms with E-state index in [2.05, 4.69) is 0 Å². The highest BCUT2D eigenvalue weighted by molar-refractivity contribution is 7.98. The molecule has 0 spiro atoms. The van der Waals surface area contributed by atoms with Crippen LogP contribution in [-0.2, 0) is 9.59 Å². The van der Waals surface area contributed by atoms with Gasteiger partial charge in [-0.15, -0.1) is 0 Å². The van der Waals surface area contributed by atoms with Gasteiger partial charge in [0.05, 0.1) is 0 Å². The van der Waals surface area contributed by atoms with E-state index in [-0.39, 0.29) is 11.8 Å². The van der Waals surface area contributed by atoms with Crippen molar-refractivity contribution >= 4 is 23.6 Å². The second kappa shape index (κ2) is 5.88. The highest BCUT2D eigenvalue weighted by Crippen LogP contribution is 2.00. The van der Waals surface area contributed by atoms with Crippen LogP contribution in [0.5, 0.6) is 0 Å². The highest BCUT2D eigenvalue weighted by Gasteiger charge is 2.16. The SMILES string of the molecule is [2H]C([2H])([2H])SC([2H])([2H])C([2H])([2H])[C@@H](NC(C)=O)C(=O)O. The molecule has 0 aliphatic rings. The molecule has 0 aromatic carbocycles.